The third-order valence-corrected chi connectivity index (χ3v) is 4.18. The number of hydrogen-bond acceptors (Lipinski definition) is 4. The predicted molar refractivity (Wildman–Crippen MR) is 78.3 cm³/mol. The molecule has 1 aromatic carbocycles. The van der Waals surface area contributed by atoms with Gasteiger partial charge in [-0.25, -0.2) is 5.43 Å². The summed E-state index contributed by atoms with van der Waals surface area (Å²) >= 11 is 5.22. The van der Waals surface area contributed by atoms with Crippen molar-refractivity contribution in [2.45, 2.75) is 10.9 Å². The standard InChI is InChI=1S/C12H15BrN4S/c1-17-12(10(13)7-15-17)11(16-14)8-3-5-9(18-2)6-4-8/h3-7,11,16H,14H2,1-2H3. The Morgan fingerprint density at radius 2 is 2.06 bits per heavy atom. The topological polar surface area (TPSA) is 55.9 Å². The number of nitrogens with one attached hydrogen (secondary N) is 1. The molecule has 0 aliphatic heterocycles. The van der Waals surface area contributed by atoms with Crippen molar-refractivity contribution in [1.29, 1.82) is 0 Å². The molecule has 2 rings (SSSR count). The van der Waals surface area contributed by atoms with E-state index < -0.39 is 0 Å². The lowest BCUT2D eigenvalue weighted by Crippen LogP contribution is -2.30. The Morgan fingerprint density at radius 3 is 2.50 bits per heavy atom. The molecule has 1 heterocycles. The van der Waals surface area contributed by atoms with E-state index in [4.69, 9.17) is 5.84 Å². The Balaban J connectivity index is 2.39. The predicted octanol–water partition coefficient (Wildman–Crippen LogP) is 2.46. The first-order chi connectivity index (χ1) is 8.67. The zero-order chi connectivity index (χ0) is 13.1. The maximum Gasteiger partial charge on any atom is 0.0889 e. The lowest BCUT2D eigenvalue weighted by Gasteiger charge is -2.17. The van der Waals surface area contributed by atoms with Gasteiger partial charge < -0.3 is 0 Å². The number of nitrogens with zero attached hydrogens (tertiary/aromatic N) is 2. The van der Waals surface area contributed by atoms with E-state index in [1.165, 1.54) is 4.90 Å². The molecule has 4 nitrogen and oxygen atoms in total. The molecule has 0 saturated carbocycles. The Kier molecular flexibility index (Phi) is 4.45. The fourth-order valence-corrected chi connectivity index (χ4v) is 2.86. The van der Waals surface area contributed by atoms with Gasteiger partial charge in [-0.3, -0.25) is 10.5 Å². The van der Waals surface area contributed by atoms with Crippen LogP contribution in [0.1, 0.15) is 17.3 Å². The van der Waals surface area contributed by atoms with Crippen LogP contribution in [0, 0.1) is 0 Å². The summed E-state index contributed by atoms with van der Waals surface area (Å²) in [4.78, 5) is 1.23. The second kappa shape index (κ2) is 5.88. The van der Waals surface area contributed by atoms with Gasteiger partial charge in [0.05, 0.1) is 22.4 Å². The molecule has 0 aliphatic carbocycles. The molecule has 1 aromatic heterocycles. The molecule has 1 atom stereocenters. The number of rotatable bonds is 4. The first-order valence-electron chi connectivity index (χ1n) is 5.45. The van der Waals surface area contributed by atoms with Crippen LogP contribution >= 0.6 is 27.7 Å². The van der Waals surface area contributed by atoms with Gasteiger partial charge in [0.1, 0.15) is 0 Å². The van der Waals surface area contributed by atoms with Crippen LogP contribution in [0.3, 0.4) is 0 Å². The van der Waals surface area contributed by atoms with E-state index in [1.807, 2.05) is 11.7 Å². The Labute approximate surface area is 119 Å². The molecule has 1 unspecified atom stereocenters. The zero-order valence-corrected chi connectivity index (χ0v) is 12.6. The SMILES string of the molecule is CSc1ccc(C(NN)c2c(Br)cnn2C)cc1. The van der Waals surface area contributed by atoms with Crippen molar-refractivity contribution in [1.82, 2.24) is 15.2 Å². The Hall–Kier alpha value is -0.820. The fourth-order valence-electron chi connectivity index (χ4n) is 1.87. The van der Waals surface area contributed by atoms with Gasteiger partial charge in [-0.1, -0.05) is 12.1 Å². The lowest BCUT2D eigenvalue weighted by molar-refractivity contribution is 0.573. The zero-order valence-electron chi connectivity index (χ0n) is 10.2. The lowest BCUT2D eigenvalue weighted by atomic mass is 10.0. The quantitative estimate of drug-likeness (QED) is 0.515. The molecule has 0 bridgehead atoms. The minimum Gasteiger partial charge on any atom is -0.271 e. The average Bonchev–Trinajstić information content (AvgIpc) is 2.72. The van der Waals surface area contributed by atoms with Gasteiger partial charge in [0.2, 0.25) is 0 Å². The molecule has 3 N–H and O–H groups in total. The van der Waals surface area contributed by atoms with Crippen molar-refractivity contribution in [3.05, 3.63) is 46.2 Å². The molecule has 18 heavy (non-hydrogen) atoms. The van der Waals surface area contributed by atoms with Gasteiger partial charge in [-0.2, -0.15) is 5.10 Å². The van der Waals surface area contributed by atoms with Crippen LogP contribution in [0.2, 0.25) is 0 Å². The summed E-state index contributed by atoms with van der Waals surface area (Å²) in [5.41, 5.74) is 4.96. The third kappa shape index (κ3) is 2.61. The van der Waals surface area contributed by atoms with E-state index in [0.717, 1.165) is 15.7 Å². The van der Waals surface area contributed by atoms with Crippen molar-refractivity contribution in [2.75, 3.05) is 6.26 Å². The summed E-state index contributed by atoms with van der Waals surface area (Å²) in [5, 5.41) is 4.21. The smallest absolute Gasteiger partial charge is 0.0889 e. The van der Waals surface area contributed by atoms with E-state index in [9.17, 15) is 0 Å². The molecule has 0 radical (unpaired) electrons. The largest absolute Gasteiger partial charge is 0.271 e. The maximum absolute atomic E-state index is 5.69. The summed E-state index contributed by atoms with van der Waals surface area (Å²) in [6, 6.07) is 8.26. The van der Waals surface area contributed by atoms with Crippen molar-refractivity contribution in [3.63, 3.8) is 0 Å². The average molecular weight is 327 g/mol. The highest BCUT2D eigenvalue weighted by Gasteiger charge is 2.19. The highest BCUT2D eigenvalue weighted by atomic mass is 79.9. The van der Waals surface area contributed by atoms with Crippen LogP contribution < -0.4 is 11.3 Å². The fraction of sp³-hybridized carbons (Fsp3) is 0.250. The van der Waals surface area contributed by atoms with E-state index in [-0.39, 0.29) is 6.04 Å². The van der Waals surface area contributed by atoms with E-state index in [2.05, 4.69) is 57.0 Å². The molecular weight excluding hydrogens is 312 g/mol. The minimum atomic E-state index is -0.0808. The van der Waals surface area contributed by atoms with E-state index in [0.29, 0.717) is 0 Å². The van der Waals surface area contributed by atoms with Crippen molar-refractivity contribution in [3.8, 4) is 0 Å². The maximum atomic E-state index is 5.69. The van der Waals surface area contributed by atoms with Crippen molar-refractivity contribution >= 4 is 27.7 Å². The van der Waals surface area contributed by atoms with Crippen molar-refractivity contribution < 1.29 is 0 Å². The van der Waals surface area contributed by atoms with Gasteiger partial charge >= 0.3 is 0 Å². The van der Waals surface area contributed by atoms with Gasteiger partial charge in [0.15, 0.2) is 0 Å². The van der Waals surface area contributed by atoms with Crippen LogP contribution in [0.4, 0.5) is 0 Å². The molecule has 0 saturated heterocycles. The van der Waals surface area contributed by atoms with Gasteiger partial charge in [-0.05, 0) is 39.9 Å². The number of thioether (sulfide) groups is 1. The second-order valence-corrected chi connectivity index (χ2v) is 5.61. The summed E-state index contributed by atoms with van der Waals surface area (Å²) in [5.74, 6) is 5.69. The monoisotopic (exact) mass is 326 g/mol. The van der Waals surface area contributed by atoms with Gasteiger partial charge in [0.25, 0.3) is 0 Å². The number of aromatic nitrogens is 2. The number of benzene rings is 1. The first kappa shape index (κ1) is 13.6. The number of nitrogens with two attached hydrogens (primary N) is 1. The van der Waals surface area contributed by atoms with Crippen LogP contribution in [-0.4, -0.2) is 16.0 Å². The number of aryl methyl sites for hydroxylation is 1. The molecular formula is C12H15BrN4S. The number of hydrazine groups is 1. The number of halogens is 1. The molecule has 0 fully saturated rings. The van der Waals surface area contributed by atoms with E-state index in [1.54, 1.807) is 18.0 Å². The summed E-state index contributed by atoms with van der Waals surface area (Å²) in [7, 11) is 1.90. The first-order valence-corrected chi connectivity index (χ1v) is 7.46. The van der Waals surface area contributed by atoms with Crippen LogP contribution in [-0.2, 0) is 7.05 Å². The Morgan fingerprint density at radius 1 is 1.39 bits per heavy atom. The minimum absolute atomic E-state index is 0.0808. The normalized spacial score (nSPS) is 12.7. The van der Waals surface area contributed by atoms with Crippen LogP contribution in [0.5, 0.6) is 0 Å². The molecule has 0 aliphatic rings. The molecule has 96 valence electrons. The molecule has 2 aromatic rings. The summed E-state index contributed by atoms with van der Waals surface area (Å²) in [6.45, 7) is 0. The van der Waals surface area contributed by atoms with Crippen LogP contribution in [0.15, 0.2) is 39.8 Å². The third-order valence-electron chi connectivity index (χ3n) is 2.83. The molecule has 0 amide bonds. The second-order valence-electron chi connectivity index (χ2n) is 3.87. The van der Waals surface area contributed by atoms with Gasteiger partial charge in [0, 0.05) is 11.9 Å². The molecule has 0 spiro atoms. The number of hydrogen-bond donors (Lipinski definition) is 2. The van der Waals surface area contributed by atoms with Gasteiger partial charge in [-0.15, -0.1) is 11.8 Å². The van der Waals surface area contributed by atoms with Crippen molar-refractivity contribution in [2.24, 2.45) is 12.9 Å². The van der Waals surface area contributed by atoms with E-state index >= 15 is 0 Å². The van der Waals surface area contributed by atoms with Crippen LogP contribution in [0.25, 0.3) is 0 Å². The molecule has 6 heteroatoms. The summed E-state index contributed by atoms with van der Waals surface area (Å²) in [6.07, 6.45) is 3.83. The summed E-state index contributed by atoms with van der Waals surface area (Å²) < 4.78 is 2.76. The highest BCUT2D eigenvalue weighted by molar-refractivity contribution is 9.10. The highest BCUT2D eigenvalue weighted by Crippen LogP contribution is 2.28. The Bertz CT molecular complexity index is 504.